The summed E-state index contributed by atoms with van der Waals surface area (Å²) in [5.74, 6) is 1.01. The molecular weight excluding hydrogens is 224 g/mol. The molecule has 1 N–H and O–H groups in total. The number of ether oxygens (including phenoxy) is 1. The molecule has 2 unspecified atom stereocenters. The maximum absolute atomic E-state index is 10.5. The summed E-state index contributed by atoms with van der Waals surface area (Å²) in [5.41, 5.74) is 3.55. The van der Waals surface area contributed by atoms with Crippen molar-refractivity contribution in [3.8, 4) is 5.75 Å². The van der Waals surface area contributed by atoms with E-state index >= 15 is 0 Å². The molecule has 0 aromatic heterocycles. The standard InChI is InChI=1S/C16H16O2/c1-18-13-7-4-6-12(9-13)16(17)15-10-11-5-2-3-8-14(11)15/h2-9,15-17H,10H2,1H3. The van der Waals surface area contributed by atoms with Crippen molar-refractivity contribution in [2.75, 3.05) is 7.11 Å². The Balaban J connectivity index is 1.86. The quantitative estimate of drug-likeness (QED) is 0.893. The minimum Gasteiger partial charge on any atom is -0.497 e. The SMILES string of the molecule is COc1cccc(C(O)C2Cc3ccccc32)c1. The Morgan fingerprint density at radius 3 is 2.78 bits per heavy atom. The van der Waals surface area contributed by atoms with E-state index in [0.717, 1.165) is 17.7 Å². The summed E-state index contributed by atoms with van der Waals surface area (Å²) in [6.07, 6.45) is 0.504. The van der Waals surface area contributed by atoms with Crippen molar-refractivity contribution in [1.82, 2.24) is 0 Å². The van der Waals surface area contributed by atoms with Gasteiger partial charge in [0.1, 0.15) is 5.75 Å². The van der Waals surface area contributed by atoms with Crippen molar-refractivity contribution < 1.29 is 9.84 Å². The fraction of sp³-hybridized carbons (Fsp3) is 0.250. The number of hydrogen-bond donors (Lipinski definition) is 1. The highest BCUT2D eigenvalue weighted by molar-refractivity contribution is 5.43. The van der Waals surface area contributed by atoms with E-state index in [1.165, 1.54) is 11.1 Å². The molecule has 2 aromatic carbocycles. The van der Waals surface area contributed by atoms with Gasteiger partial charge in [-0.15, -0.1) is 0 Å². The first-order valence-electron chi connectivity index (χ1n) is 6.19. The van der Waals surface area contributed by atoms with Crippen molar-refractivity contribution in [2.24, 2.45) is 0 Å². The lowest BCUT2D eigenvalue weighted by Crippen LogP contribution is -2.23. The first kappa shape index (κ1) is 11.3. The van der Waals surface area contributed by atoms with Crippen LogP contribution in [0.15, 0.2) is 48.5 Å². The number of aliphatic hydroxyl groups is 1. The van der Waals surface area contributed by atoms with Crippen molar-refractivity contribution in [1.29, 1.82) is 0 Å². The fourth-order valence-corrected chi connectivity index (χ4v) is 2.64. The molecule has 92 valence electrons. The highest BCUT2D eigenvalue weighted by atomic mass is 16.5. The van der Waals surface area contributed by atoms with Crippen LogP contribution >= 0.6 is 0 Å². The Morgan fingerprint density at radius 1 is 1.17 bits per heavy atom. The molecule has 0 spiro atoms. The molecule has 0 saturated carbocycles. The molecule has 0 heterocycles. The lowest BCUT2D eigenvalue weighted by Gasteiger charge is -2.34. The third kappa shape index (κ3) is 1.79. The summed E-state index contributed by atoms with van der Waals surface area (Å²) in [5, 5.41) is 10.5. The van der Waals surface area contributed by atoms with Crippen molar-refractivity contribution in [3.05, 3.63) is 65.2 Å². The van der Waals surface area contributed by atoms with E-state index in [1.54, 1.807) is 7.11 Å². The van der Waals surface area contributed by atoms with Gasteiger partial charge < -0.3 is 9.84 Å². The smallest absolute Gasteiger partial charge is 0.119 e. The Hall–Kier alpha value is -1.80. The Morgan fingerprint density at radius 2 is 2.00 bits per heavy atom. The van der Waals surface area contributed by atoms with E-state index in [4.69, 9.17) is 4.74 Å². The van der Waals surface area contributed by atoms with Crippen LogP contribution in [0.3, 0.4) is 0 Å². The summed E-state index contributed by atoms with van der Waals surface area (Å²) in [4.78, 5) is 0. The van der Waals surface area contributed by atoms with Crippen LogP contribution in [0.5, 0.6) is 5.75 Å². The van der Waals surface area contributed by atoms with E-state index in [2.05, 4.69) is 12.1 Å². The number of methoxy groups -OCH3 is 1. The van der Waals surface area contributed by atoms with E-state index in [9.17, 15) is 5.11 Å². The zero-order valence-electron chi connectivity index (χ0n) is 10.3. The number of aliphatic hydroxyl groups excluding tert-OH is 1. The largest absolute Gasteiger partial charge is 0.497 e. The molecule has 2 nitrogen and oxygen atoms in total. The van der Waals surface area contributed by atoms with Gasteiger partial charge in [0.2, 0.25) is 0 Å². The van der Waals surface area contributed by atoms with Crippen LogP contribution in [-0.2, 0) is 6.42 Å². The molecule has 3 rings (SSSR count). The van der Waals surface area contributed by atoms with Gasteiger partial charge in [-0.05, 0) is 35.2 Å². The first-order valence-corrected chi connectivity index (χ1v) is 6.19. The average molecular weight is 240 g/mol. The van der Waals surface area contributed by atoms with Gasteiger partial charge in [0.25, 0.3) is 0 Å². The van der Waals surface area contributed by atoms with Gasteiger partial charge >= 0.3 is 0 Å². The van der Waals surface area contributed by atoms with Crippen LogP contribution in [0.4, 0.5) is 0 Å². The summed E-state index contributed by atoms with van der Waals surface area (Å²) in [6, 6.07) is 16.0. The Bertz CT molecular complexity index is 563. The topological polar surface area (TPSA) is 29.5 Å². The molecule has 1 aliphatic rings. The van der Waals surface area contributed by atoms with Crippen molar-refractivity contribution in [3.63, 3.8) is 0 Å². The molecule has 0 saturated heterocycles. The highest BCUT2D eigenvalue weighted by Gasteiger charge is 2.32. The molecule has 0 amide bonds. The molecule has 2 atom stereocenters. The van der Waals surface area contributed by atoms with E-state index in [1.807, 2.05) is 36.4 Å². The average Bonchev–Trinajstić information content (AvgIpc) is 2.40. The molecule has 2 aromatic rings. The molecular formula is C16H16O2. The van der Waals surface area contributed by atoms with Gasteiger partial charge in [-0.1, -0.05) is 36.4 Å². The van der Waals surface area contributed by atoms with Gasteiger partial charge in [-0.25, -0.2) is 0 Å². The van der Waals surface area contributed by atoms with Crippen LogP contribution in [0.2, 0.25) is 0 Å². The van der Waals surface area contributed by atoms with Gasteiger partial charge in [0.05, 0.1) is 13.2 Å². The minimum absolute atomic E-state index is 0.216. The molecule has 0 radical (unpaired) electrons. The number of hydrogen-bond acceptors (Lipinski definition) is 2. The summed E-state index contributed by atoms with van der Waals surface area (Å²) < 4.78 is 5.19. The molecule has 1 aliphatic carbocycles. The minimum atomic E-state index is -0.449. The second-order valence-corrected chi connectivity index (χ2v) is 4.73. The lowest BCUT2D eigenvalue weighted by atomic mass is 9.73. The Labute approximate surface area is 107 Å². The molecule has 0 fully saturated rings. The summed E-state index contributed by atoms with van der Waals surface area (Å²) >= 11 is 0. The van der Waals surface area contributed by atoms with Gasteiger partial charge in [-0.3, -0.25) is 0 Å². The molecule has 0 bridgehead atoms. The maximum atomic E-state index is 10.5. The number of benzene rings is 2. The van der Waals surface area contributed by atoms with Gasteiger partial charge in [-0.2, -0.15) is 0 Å². The predicted molar refractivity (Wildman–Crippen MR) is 70.8 cm³/mol. The third-order valence-corrected chi connectivity index (χ3v) is 3.71. The van der Waals surface area contributed by atoms with Gasteiger partial charge in [0, 0.05) is 5.92 Å². The number of fused-ring (bicyclic) bond motifs is 1. The third-order valence-electron chi connectivity index (χ3n) is 3.71. The van der Waals surface area contributed by atoms with Crippen LogP contribution in [-0.4, -0.2) is 12.2 Å². The summed E-state index contributed by atoms with van der Waals surface area (Å²) in [7, 11) is 1.64. The first-order chi connectivity index (χ1) is 8.79. The van der Waals surface area contributed by atoms with E-state index in [0.29, 0.717) is 0 Å². The Kier molecular flexibility index (Phi) is 2.80. The van der Waals surface area contributed by atoms with Gasteiger partial charge in [0.15, 0.2) is 0 Å². The zero-order chi connectivity index (χ0) is 12.5. The normalized spacial score (nSPS) is 18.7. The molecule has 0 aliphatic heterocycles. The second-order valence-electron chi connectivity index (χ2n) is 4.73. The van der Waals surface area contributed by atoms with Crippen LogP contribution in [0, 0.1) is 0 Å². The van der Waals surface area contributed by atoms with Crippen LogP contribution in [0.25, 0.3) is 0 Å². The highest BCUT2D eigenvalue weighted by Crippen LogP contribution is 2.43. The van der Waals surface area contributed by atoms with E-state index in [-0.39, 0.29) is 5.92 Å². The van der Waals surface area contributed by atoms with Crippen molar-refractivity contribution in [2.45, 2.75) is 18.4 Å². The maximum Gasteiger partial charge on any atom is 0.119 e. The van der Waals surface area contributed by atoms with Crippen LogP contribution < -0.4 is 4.74 Å². The van der Waals surface area contributed by atoms with Crippen molar-refractivity contribution >= 4 is 0 Å². The fourth-order valence-electron chi connectivity index (χ4n) is 2.64. The predicted octanol–water partition coefficient (Wildman–Crippen LogP) is 3.07. The monoisotopic (exact) mass is 240 g/mol. The molecule has 18 heavy (non-hydrogen) atoms. The van der Waals surface area contributed by atoms with E-state index < -0.39 is 6.10 Å². The zero-order valence-corrected chi connectivity index (χ0v) is 10.3. The van der Waals surface area contributed by atoms with Crippen LogP contribution in [0.1, 0.15) is 28.7 Å². The number of rotatable bonds is 3. The molecule has 2 heteroatoms. The lowest BCUT2D eigenvalue weighted by molar-refractivity contribution is 0.134. The second kappa shape index (κ2) is 4.46. The summed E-state index contributed by atoms with van der Waals surface area (Å²) in [6.45, 7) is 0.